The minimum absolute atomic E-state index is 0. The highest BCUT2D eigenvalue weighted by Crippen LogP contribution is 2.12. The van der Waals surface area contributed by atoms with Crippen molar-refractivity contribution in [2.75, 3.05) is 33.8 Å². The Morgan fingerprint density at radius 1 is 1.32 bits per heavy atom. The van der Waals surface area contributed by atoms with Crippen molar-refractivity contribution < 1.29 is 9.53 Å². The number of carbonyl (C=O) groups excluding carboxylic acids is 1. The second kappa shape index (κ2) is 9.64. The molecule has 1 aromatic rings. The van der Waals surface area contributed by atoms with E-state index in [0.29, 0.717) is 6.54 Å². The van der Waals surface area contributed by atoms with Crippen LogP contribution in [0.2, 0.25) is 0 Å². The molecule has 0 aliphatic rings. The Hall–Kier alpha value is -1.26. The lowest BCUT2D eigenvalue weighted by atomic mass is 10.2. The molecule has 19 heavy (non-hydrogen) atoms. The normalized spacial score (nSPS) is 9.63. The van der Waals surface area contributed by atoms with Crippen LogP contribution in [0, 0.1) is 0 Å². The SMILES string of the molecule is CCc1ccc(OCC(=O)N(C)CCNC)cc1.Cl. The summed E-state index contributed by atoms with van der Waals surface area (Å²) >= 11 is 0. The number of hydrogen-bond donors (Lipinski definition) is 1. The zero-order valence-electron chi connectivity index (χ0n) is 11.8. The average Bonchev–Trinajstić information content (AvgIpc) is 2.42. The molecule has 0 heterocycles. The topological polar surface area (TPSA) is 41.6 Å². The molecule has 1 aromatic carbocycles. The van der Waals surface area contributed by atoms with Crippen LogP contribution < -0.4 is 10.1 Å². The number of hydrogen-bond acceptors (Lipinski definition) is 3. The summed E-state index contributed by atoms with van der Waals surface area (Å²) in [5.74, 6) is 0.729. The molecular weight excluding hydrogens is 264 g/mol. The molecule has 1 amide bonds. The van der Waals surface area contributed by atoms with Gasteiger partial charge in [-0.25, -0.2) is 0 Å². The first-order valence-corrected chi connectivity index (χ1v) is 6.27. The number of nitrogens with zero attached hydrogens (tertiary/aromatic N) is 1. The van der Waals surface area contributed by atoms with Gasteiger partial charge in [0.15, 0.2) is 6.61 Å². The molecule has 5 heteroatoms. The lowest BCUT2D eigenvalue weighted by molar-refractivity contribution is -0.131. The smallest absolute Gasteiger partial charge is 0.260 e. The lowest BCUT2D eigenvalue weighted by Gasteiger charge is -2.17. The van der Waals surface area contributed by atoms with E-state index in [1.54, 1.807) is 11.9 Å². The molecule has 0 aromatic heterocycles. The number of amides is 1. The van der Waals surface area contributed by atoms with Crippen LogP contribution in [0.3, 0.4) is 0 Å². The van der Waals surface area contributed by atoms with Crippen LogP contribution in [0.1, 0.15) is 12.5 Å². The second-order valence-corrected chi connectivity index (χ2v) is 4.21. The number of ether oxygens (including phenoxy) is 1. The standard InChI is InChI=1S/C14H22N2O2.ClH/c1-4-12-5-7-13(8-6-12)18-11-14(17)16(3)10-9-15-2;/h5-8,15H,4,9-11H2,1-3H3;1H. The number of rotatable bonds is 7. The van der Waals surface area contributed by atoms with Crippen molar-refractivity contribution in [3.63, 3.8) is 0 Å². The van der Waals surface area contributed by atoms with Crippen LogP contribution in [0.25, 0.3) is 0 Å². The molecule has 0 aliphatic carbocycles. The summed E-state index contributed by atoms with van der Waals surface area (Å²) in [5.41, 5.74) is 1.26. The summed E-state index contributed by atoms with van der Waals surface area (Å²) in [5, 5.41) is 3.01. The van der Waals surface area contributed by atoms with Crippen LogP contribution in [0.15, 0.2) is 24.3 Å². The molecule has 1 rings (SSSR count). The lowest BCUT2D eigenvalue weighted by Crippen LogP contribution is -2.35. The van der Waals surface area contributed by atoms with Gasteiger partial charge in [0.2, 0.25) is 0 Å². The van der Waals surface area contributed by atoms with Crippen molar-refractivity contribution in [1.82, 2.24) is 10.2 Å². The van der Waals surface area contributed by atoms with Crippen LogP contribution in [0.4, 0.5) is 0 Å². The van der Waals surface area contributed by atoms with Crippen molar-refractivity contribution in [3.8, 4) is 5.75 Å². The van der Waals surface area contributed by atoms with E-state index in [2.05, 4.69) is 12.2 Å². The Kier molecular flexibility index (Phi) is 9.00. The first-order valence-electron chi connectivity index (χ1n) is 6.27. The highest BCUT2D eigenvalue weighted by molar-refractivity contribution is 5.85. The molecule has 0 atom stereocenters. The van der Waals surface area contributed by atoms with Gasteiger partial charge in [-0.3, -0.25) is 4.79 Å². The summed E-state index contributed by atoms with van der Waals surface area (Å²) in [6, 6.07) is 7.84. The first-order chi connectivity index (χ1) is 8.67. The summed E-state index contributed by atoms with van der Waals surface area (Å²) in [6.07, 6.45) is 1.01. The van der Waals surface area contributed by atoms with Crippen molar-refractivity contribution in [3.05, 3.63) is 29.8 Å². The molecule has 108 valence electrons. The maximum Gasteiger partial charge on any atom is 0.260 e. The van der Waals surface area contributed by atoms with Crippen molar-refractivity contribution in [2.45, 2.75) is 13.3 Å². The van der Waals surface area contributed by atoms with Gasteiger partial charge in [-0.15, -0.1) is 12.4 Å². The summed E-state index contributed by atoms with van der Waals surface area (Å²) < 4.78 is 5.46. The predicted octanol–water partition coefficient (Wildman–Crippen LogP) is 1.73. The van der Waals surface area contributed by atoms with E-state index >= 15 is 0 Å². The molecule has 0 bridgehead atoms. The summed E-state index contributed by atoms with van der Waals surface area (Å²) in [7, 11) is 3.65. The first kappa shape index (κ1) is 17.7. The molecule has 0 radical (unpaired) electrons. The number of benzene rings is 1. The van der Waals surface area contributed by atoms with Gasteiger partial charge in [-0.2, -0.15) is 0 Å². The van der Waals surface area contributed by atoms with Crippen molar-refractivity contribution in [2.24, 2.45) is 0 Å². The van der Waals surface area contributed by atoms with Gasteiger partial charge < -0.3 is 15.0 Å². The maximum atomic E-state index is 11.7. The van der Waals surface area contributed by atoms with Crippen LogP contribution in [-0.2, 0) is 11.2 Å². The van der Waals surface area contributed by atoms with Gasteiger partial charge in [0.05, 0.1) is 0 Å². The third-order valence-corrected chi connectivity index (χ3v) is 2.82. The van der Waals surface area contributed by atoms with Gasteiger partial charge in [0.1, 0.15) is 5.75 Å². The Morgan fingerprint density at radius 3 is 2.47 bits per heavy atom. The average molecular weight is 287 g/mol. The Labute approximate surface area is 121 Å². The Balaban J connectivity index is 0.00000324. The molecular formula is C14H23ClN2O2. The number of likely N-dealkylation sites (N-methyl/N-ethyl adjacent to an activating group) is 2. The number of carbonyl (C=O) groups is 1. The van der Waals surface area contributed by atoms with Crippen LogP contribution in [-0.4, -0.2) is 44.6 Å². The fraction of sp³-hybridized carbons (Fsp3) is 0.500. The molecule has 1 N–H and O–H groups in total. The predicted molar refractivity (Wildman–Crippen MR) is 80.1 cm³/mol. The number of aryl methyl sites for hydroxylation is 1. The zero-order valence-corrected chi connectivity index (χ0v) is 12.6. The molecule has 0 spiro atoms. The van der Waals surface area contributed by atoms with E-state index in [0.717, 1.165) is 18.7 Å². The van der Waals surface area contributed by atoms with Crippen molar-refractivity contribution >= 4 is 18.3 Å². The Morgan fingerprint density at radius 2 is 1.95 bits per heavy atom. The van der Waals surface area contributed by atoms with Gasteiger partial charge >= 0.3 is 0 Å². The van der Waals surface area contributed by atoms with Crippen LogP contribution >= 0.6 is 12.4 Å². The summed E-state index contributed by atoms with van der Waals surface area (Å²) in [6.45, 7) is 3.67. The molecule has 0 aliphatic heterocycles. The molecule has 0 fully saturated rings. The van der Waals surface area contributed by atoms with Gasteiger partial charge in [0.25, 0.3) is 5.91 Å². The number of halogens is 1. The van der Waals surface area contributed by atoms with E-state index < -0.39 is 0 Å². The molecule has 0 unspecified atom stereocenters. The fourth-order valence-corrected chi connectivity index (χ4v) is 1.48. The highest BCUT2D eigenvalue weighted by Gasteiger charge is 2.08. The quantitative estimate of drug-likeness (QED) is 0.830. The highest BCUT2D eigenvalue weighted by atomic mass is 35.5. The second-order valence-electron chi connectivity index (χ2n) is 4.21. The van der Waals surface area contributed by atoms with E-state index in [1.807, 2.05) is 31.3 Å². The third-order valence-electron chi connectivity index (χ3n) is 2.82. The van der Waals surface area contributed by atoms with Crippen LogP contribution in [0.5, 0.6) is 5.75 Å². The Bertz CT molecular complexity index is 368. The minimum Gasteiger partial charge on any atom is -0.484 e. The van der Waals surface area contributed by atoms with E-state index in [4.69, 9.17) is 4.74 Å². The van der Waals surface area contributed by atoms with Crippen molar-refractivity contribution in [1.29, 1.82) is 0 Å². The van der Waals surface area contributed by atoms with Gasteiger partial charge in [-0.1, -0.05) is 19.1 Å². The number of nitrogens with one attached hydrogen (secondary N) is 1. The van der Waals surface area contributed by atoms with E-state index in [9.17, 15) is 4.79 Å². The maximum absolute atomic E-state index is 11.7. The fourth-order valence-electron chi connectivity index (χ4n) is 1.48. The minimum atomic E-state index is -0.00943. The molecule has 4 nitrogen and oxygen atoms in total. The summed E-state index contributed by atoms with van der Waals surface area (Å²) in [4.78, 5) is 13.4. The molecule has 0 saturated carbocycles. The largest absolute Gasteiger partial charge is 0.484 e. The van der Waals surface area contributed by atoms with E-state index in [-0.39, 0.29) is 24.9 Å². The monoisotopic (exact) mass is 286 g/mol. The zero-order chi connectivity index (χ0) is 13.4. The van der Waals surface area contributed by atoms with Gasteiger partial charge in [-0.05, 0) is 31.2 Å². The van der Waals surface area contributed by atoms with Gasteiger partial charge in [0, 0.05) is 20.1 Å². The van der Waals surface area contributed by atoms with E-state index in [1.165, 1.54) is 5.56 Å². The molecule has 0 saturated heterocycles. The third kappa shape index (κ3) is 6.45.